The third-order valence-corrected chi connectivity index (χ3v) is 8.66. The highest BCUT2D eigenvalue weighted by molar-refractivity contribution is 6.18. The van der Waals surface area contributed by atoms with E-state index < -0.39 is 72.2 Å². The highest BCUT2D eigenvalue weighted by atomic mass is 16.2. The molecule has 24 heteroatoms. The molecule has 320 valence electrons. The van der Waals surface area contributed by atoms with Crippen LogP contribution in [0.1, 0.15) is 104 Å². The Kier molecular flexibility index (Phi) is 30.3. The molecule has 0 aliphatic rings. The van der Waals surface area contributed by atoms with Gasteiger partial charge in [0.1, 0.15) is 17.9 Å². The van der Waals surface area contributed by atoms with Crippen LogP contribution in [0.5, 0.6) is 0 Å². The van der Waals surface area contributed by atoms with Crippen LogP contribution in [0.15, 0.2) is 0 Å². The number of Topliss-reactive ketones (excluding diaryl/α,β-unsaturated/α-hetero) is 1. The zero-order valence-corrected chi connectivity index (χ0v) is 34.2. The van der Waals surface area contributed by atoms with Crippen LogP contribution in [0, 0.1) is 5.92 Å². The van der Waals surface area contributed by atoms with Gasteiger partial charge in [-0.25, -0.2) is 0 Å². The standard InChI is InChI=1S/C35H58B4N10O10/c1-23(2)26(50)12-6-3-9-15-40-31(55)20-49(21-32(56)41-16-10-4-7-13-27(51)43-24(34(58)47-38)18-29(53)45-36)22-33(57)42-17-11-5-8-14-28(52)44-25(35(59)48-39)19-30(54)46-37/h23-25H,3-22H2,1-2H3,(H,40,55)(H,41,56)(H,42,57)(H,43,51)(H,44,52)(H,45,53)(H,46,54)(H,47,58)(H,48,59)/t24-,25-/m1/s1. The van der Waals surface area contributed by atoms with E-state index in [2.05, 4.69) is 26.6 Å². The van der Waals surface area contributed by atoms with Crippen LogP contribution in [0.3, 0.4) is 0 Å². The summed E-state index contributed by atoms with van der Waals surface area (Å²) < 4.78 is 0. The second kappa shape index (κ2) is 33.0. The molecule has 8 radical (unpaired) electrons. The Bertz CT molecular complexity index is 1320. The van der Waals surface area contributed by atoms with E-state index in [0.717, 1.165) is 6.42 Å². The molecule has 0 rings (SSSR count). The predicted molar refractivity (Wildman–Crippen MR) is 219 cm³/mol. The Morgan fingerprint density at radius 1 is 0.424 bits per heavy atom. The predicted octanol–water partition coefficient (Wildman–Crippen LogP) is -3.91. The third-order valence-electron chi connectivity index (χ3n) is 8.66. The Balaban J connectivity index is 4.91. The van der Waals surface area contributed by atoms with Crippen LogP contribution < -0.4 is 47.5 Å². The Morgan fingerprint density at radius 3 is 1.07 bits per heavy atom. The first-order chi connectivity index (χ1) is 28.1. The fourth-order valence-electron chi connectivity index (χ4n) is 5.33. The first kappa shape index (κ1) is 54.1. The molecular formula is C35H58B4N10O10. The minimum atomic E-state index is -1.20. The fourth-order valence-corrected chi connectivity index (χ4v) is 5.33. The molecule has 0 saturated carbocycles. The van der Waals surface area contributed by atoms with Crippen LogP contribution in [0.25, 0.3) is 0 Å². The third kappa shape index (κ3) is 28.2. The molecule has 2 atom stereocenters. The van der Waals surface area contributed by atoms with Crippen molar-refractivity contribution in [2.45, 2.75) is 116 Å². The van der Waals surface area contributed by atoms with Crippen LogP contribution in [-0.2, 0) is 47.9 Å². The first-order valence-corrected chi connectivity index (χ1v) is 19.7. The van der Waals surface area contributed by atoms with Gasteiger partial charge in [0.15, 0.2) is 0 Å². The SMILES string of the molecule is [B]NC(=O)C[C@@H](NC(=O)CCCCCNC(=O)CN(CC(=O)NCCCCCC(=O)N[C@H](CC(=O)N[B])C(=O)N[B])CC(=O)NCCCCCC(=O)C(C)C)C(=O)N[B]. The Labute approximate surface area is 351 Å². The van der Waals surface area contributed by atoms with Crippen LogP contribution >= 0.6 is 0 Å². The zero-order valence-electron chi connectivity index (χ0n) is 34.2. The van der Waals surface area contributed by atoms with Crippen molar-refractivity contribution in [2.24, 2.45) is 5.92 Å². The van der Waals surface area contributed by atoms with E-state index in [1.54, 1.807) is 0 Å². The van der Waals surface area contributed by atoms with E-state index >= 15 is 0 Å². The van der Waals surface area contributed by atoms with Gasteiger partial charge < -0.3 is 47.5 Å². The second-order valence-electron chi connectivity index (χ2n) is 14.0. The number of carbonyl (C=O) groups excluding carboxylic acids is 10. The van der Waals surface area contributed by atoms with E-state index in [1.807, 2.05) is 34.8 Å². The molecule has 0 aliphatic carbocycles. The van der Waals surface area contributed by atoms with Crippen LogP contribution in [-0.4, -0.2) is 147 Å². The number of hydrogen-bond acceptors (Lipinski definition) is 11. The summed E-state index contributed by atoms with van der Waals surface area (Å²) in [6.45, 7) is 3.82. The summed E-state index contributed by atoms with van der Waals surface area (Å²) in [4.78, 5) is 123. The zero-order chi connectivity index (χ0) is 44.6. The van der Waals surface area contributed by atoms with Gasteiger partial charge in [0.05, 0.1) is 32.5 Å². The van der Waals surface area contributed by atoms with Crippen molar-refractivity contribution >= 4 is 90.9 Å². The van der Waals surface area contributed by atoms with E-state index in [-0.39, 0.29) is 63.2 Å². The van der Waals surface area contributed by atoms with Crippen molar-refractivity contribution in [3.05, 3.63) is 0 Å². The lowest BCUT2D eigenvalue weighted by atomic mass is 10.0. The van der Waals surface area contributed by atoms with Gasteiger partial charge in [-0.15, -0.1) is 0 Å². The van der Waals surface area contributed by atoms with Crippen LogP contribution in [0.2, 0.25) is 0 Å². The van der Waals surface area contributed by atoms with Gasteiger partial charge in [-0.1, -0.05) is 33.1 Å². The largest absolute Gasteiger partial charge is 0.409 e. The topological polar surface area (TPSA) is 282 Å². The molecular weight excluding hydrogens is 764 g/mol. The molecule has 0 aromatic carbocycles. The monoisotopic (exact) mass is 822 g/mol. The van der Waals surface area contributed by atoms with Gasteiger partial charge in [-0.2, -0.15) is 0 Å². The molecule has 20 nitrogen and oxygen atoms in total. The molecule has 0 heterocycles. The van der Waals surface area contributed by atoms with Crippen molar-refractivity contribution in [3.63, 3.8) is 0 Å². The van der Waals surface area contributed by atoms with Crippen molar-refractivity contribution in [3.8, 4) is 0 Å². The highest BCUT2D eigenvalue weighted by Crippen LogP contribution is 2.06. The van der Waals surface area contributed by atoms with E-state index in [9.17, 15) is 47.9 Å². The summed E-state index contributed by atoms with van der Waals surface area (Å²) in [5.74, 6) is -4.91. The number of nitrogens with zero attached hydrogens (tertiary/aromatic N) is 1. The minimum Gasteiger partial charge on any atom is -0.409 e. The molecule has 0 saturated heterocycles. The minimum absolute atomic E-state index is 0.0224. The second-order valence-corrected chi connectivity index (χ2v) is 14.0. The lowest BCUT2D eigenvalue weighted by Crippen LogP contribution is -2.48. The summed E-state index contributed by atoms with van der Waals surface area (Å²) in [7, 11) is 20.3. The summed E-state index contributed by atoms with van der Waals surface area (Å²) in [5.41, 5.74) is 0. The summed E-state index contributed by atoms with van der Waals surface area (Å²) in [6, 6.07) is -2.40. The summed E-state index contributed by atoms with van der Waals surface area (Å²) >= 11 is 0. The number of carbonyl (C=O) groups is 10. The average Bonchev–Trinajstić information content (AvgIpc) is 3.19. The number of ketones is 1. The first-order valence-electron chi connectivity index (χ1n) is 19.7. The molecule has 0 fully saturated rings. The maximum atomic E-state index is 12.8. The van der Waals surface area contributed by atoms with Crippen LogP contribution in [0.4, 0.5) is 0 Å². The van der Waals surface area contributed by atoms with Crippen molar-refractivity contribution in [1.29, 1.82) is 0 Å². The molecule has 0 aromatic rings. The molecule has 9 amide bonds. The van der Waals surface area contributed by atoms with Crippen molar-refractivity contribution in [2.75, 3.05) is 39.3 Å². The number of unbranched alkanes of at least 4 members (excludes halogenated alkanes) is 6. The van der Waals surface area contributed by atoms with Gasteiger partial charge in [-0.05, 0) is 38.5 Å². The molecule has 0 bridgehead atoms. The van der Waals surface area contributed by atoms with E-state index in [4.69, 9.17) is 31.9 Å². The molecule has 9 N–H and O–H groups in total. The van der Waals surface area contributed by atoms with E-state index in [0.29, 0.717) is 64.3 Å². The van der Waals surface area contributed by atoms with Gasteiger partial charge >= 0.3 is 0 Å². The number of nitrogens with one attached hydrogen (secondary N) is 9. The van der Waals surface area contributed by atoms with Gasteiger partial charge in [0.25, 0.3) is 0 Å². The van der Waals surface area contributed by atoms with Crippen molar-refractivity contribution in [1.82, 2.24) is 52.4 Å². The maximum Gasteiger partial charge on any atom is 0.234 e. The summed E-state index contributed by atoms with van der Waals surface area (Å²) in [5, 5.41) is 20.6. The van der Waals surface area contributed by atoms with Gasteiger partial charge in [0, 0.05) is 44.8 Å². The molecule has 59 heavy (non-hydrogen) atoms. The molecule has 0 aromatic heterocycles. The van der Waals surface area contributed by atoms with E-state index in [1.165, 1.54) is 4.90 Å². The highest BCUT2D eigenvalue weighted by Gasteiger charge is 2.23. The molecule has 0 spiro atoms. The number of hydrogen-bond donors (Lipinski definition) is 9. The maximum absolute atomic E-state index is 12.8. The number of rotatable bonds is 33. The lowest BCUT2D eigenvalue weighted by Gasteiger charge is -2.21. The number of amides is 9. The summed E-state index contributed by atoms with van der Waals surface area (Å²) in [6.07, 6.45) is 4.80. The normalized spacial score (nSPS) is 11.7. The molecule has 0 unspecified atom stereocenters. The quantitative estimate of drug-likeness (QED) is 0.0228. The van der Waals surface area contributed by atoms with Gasteiger partial charge in [-0.3, -0.25) is 52.8 Å². The molecule has 0 aliphatic heterocycles. The van der Waals surface area contributed by atoms with Gasteiger partial charge in [0.2, 0.25) is 85.1 Å². The van der Waals surface area contributed by atoms with Crippen molar-refractivity contribution < 1.29 is 47.9 Å². The lowest BCUT2D eigenvalue weighted by molar-refractivity contribution is -0.130. The Morgan fingerprint density at radius 2 is 0.763 bits per heavy atom. The Hall–Kier alpha value is -4.88. The fraction of sp³-hybridized carbons (Fsp3) is 0.714. The smallest absolute Gasteiger partial charge is 0.234 e. The average molecular weight is 822 g/mol.